The highest BCUT2D eigenvalue weighted by Gasteiger charge is 2.24. The van der Waals surface area contributed by atoms with E-state index in [-0.39, 0.29) is 12.0 Å². The van der Waals surface area contributed by atoms with Crippen molar-refractivity contribution in [1.82, 2.24) is 14.9 Å². The standard InChI is InChI=1S/C23H21Cl2IN4O3/c1-3-20(31)30-8-6-13(7-9-30)33-19-10-14-17(11-18(19)32-2)27-12-28-23(14)29-16-5-4-15(24)21(25)22(16)26/h3-5,10-13H,1,6-9H2,2H3,(H,27,28,29). The molecule has 1 aliphatic heterocycles. The van der Waals surface area contributed by atoms with Crippen LogP contribution in [-0.4, -0.2) is 47.1 Å². The Bertz CT molecular complexity index is 1220. The van der Waals surface area contributed by atoms with Gasteiger partial charge in [-0.15, -0.1) is 0 Å². The van der Waals surface area contributed by atoms with Crippen LogP contribution >= 0.6 is 45.8 Å². The fourth-order valence-electron chi connectivity index (χ4n) is 3.67. The average molecular weight is 599 g/mol. The van der Waals surface area contributed by atoms with Gasteiger partial charge in [0.2, 0.25) is 5.91 Å². The number of anilines is 2. The predicted molar refractivity (Wildman–Crippen MR) is 139 cm³/mol. The lowest BCUT2D eigenvalue weighted by atomic mass is 10.1. The molecule has 3 aromatic rings. The van der Waals surface area contributed by atoms with Crippen molar-refractivity contribution in [3.63, 3.8) is 0 Å². The summed E-state index contributed by atoms with van der Waals surface area (Å²) in [6.45, 7) is 4.80. The van der Waals surface area contributed by atoms with Gasteiger partial charge >= 0.3 is 0 Å². The number of ether oxygens (including phenoxy) is 2. The SMILES string of the molecule is C=CC(=O)N1CCC(Oc2cc3c(Nc4ccc(Cl)c(Cl)c4I)ncnc3cc2OC)CC1. The van der Waals surface area contributed by atoms with Gasteiger partial charge in [0, 0.05) is 37.4 Å². The van der Waals surface area contributed by atoms with Gasteiger partial charge in [-0.3, -0.25) is 4.79 Å². The monoisotopic (exact) mass is 598 g/mol. The summed E-state index contributed by atoms with van der Waals surface area (Å²) in [6, 6.07) is 7.29. The molecule has 0 aliphatic carbocycles. The molecule has 1 N–H and O–H groups in total. The van der Waals surface area contributed by atoms with Gasteiger partial charge in [0.05, 0.1) is 31.9 Å². The molecule has 4 rings (SSSR count). The zero-order valence-electron chi connectivity index (χ0n) is 17.8. The molecule has 1 aromatic heterocycles. The van der Waals surface area contributed by atoms with Crippen LogP contribution in [0.4, 0.5) is 11.5 Å². The number of amides is 1. The van der Waals surface area contributed by atoms with Crippen molar-refractivity contribution in [2.24, 2.45) is 0 Å². The first-order chi connectivity index (χ1) is 15.9. The number of rotatable bonds is 6. The van der Waals surface area contributed by atoms with Crippen LogP contribution in [-0.2, 0) is 4.79 Å². The largest absolute Gasteiger partial charge is 0.493 e. The Morgan fingerprint density at radius 3 is 2.70 bits per heavy atom. The van der Waals surface area contributed by atoms with E-state index in [0.717, 1.165) is 27.5 Å². The molecule has 1 amide bonds. The Labute approximate surface area is 215 Å². The van der Waals surface area contributed by atoms with Crippen LogP contribution in [0.25, 0.3) is 10.9 Å². The second kappa shape index (κ2) is 10.3. The van der Waals surface area contributed by atoms with Crippen LogP contribution in [0, 0.1) is 3.57 Å². The van der Waals surface area contributed by atoms with Crippen molar-refractivity contribution >= 4 is 74.1 Å². The van der Waals surface area contributed by atoms with Crippen LogP contribution in [0.5, 0.6) is 11.5 Å². The Kier molecular flexibility index (Phi) is 7.45. The number of benzene rings is 2. The van der Waals surface area contributed by atoms with Crippen molar-refractivity contribution in [3.05, 3.63) is 56.9 Å². The van der Waals surface area contributed by atoms with E-state index in [1.807, 2.05) is 18.2 Å². The summed E-state index contributed by atoms with van der Waals surface area (Å²) < 4.78 is 12.7. The lowest BCUT2D eigenvalue weighted by Crippen LogP contribution is -2.41. The molecule has 0 bridgehead atoms. The Morgan fingerprint density at radius 1 is 1.24 bits per heavy atom. The van der Waals surface area contributed by atoms with E-state index in [4.69, 9.17) is 32.7 Å². The van der Waals surface area contributed by atoms with E-state index in [1.54, 1.807) is 18.1 Å². The van der Waals surface area contributed by atoms with Crippen molar-refractivity contribution in [2.75, 3.05) is 25.5 Å². The van der Waals surface area contributed by atoms with Gasteiger partial charge in [-0.25, -0.2) is 9.97 Å². The zero-order chi connectivity index (χ0) is 23.5. The van der Waals surface area contributed by atoms with Gasteiger partial charge in [0.25, 0.3) is 0 Å². The van der Waals surface area contributed by atoms with Crippen molar-refractivity contribution in [1.29, 1.82) is 0 Å². The van der Waals surface area contributed by atoms with Gasteiger partial charge < -0.3 is 19.7 Å². The summed E-state index contributed by atoms with van der Waals surface area (Å²) in [5, 5.41) is 5.06. The average Bonchev–Trinajstić information content (AvgIpc) is 2.84. The molecule has 172 valence electrons. The maximum Gasteiger partial charge on any atom is 0.245 e. The predicted octanol–water partition coefficient (Wildman–Crippen LogP) is 5.85. The van der Waals surface area contributed by atoms with E-state index in [1.165, 1.54) is 12.4 Å². The van der Waals surface area contributed by atoms with Crippen LogP contribution < -0.4 is 14.8 Å². The van der Waals surface area contributed by atoms with Gasteiger partial charge in [-0.05, 0) is 46.9 Å². The normalized spacial score (nSPS) is 14.2. The van der Waals surface area contributed by atoms with Gasteiger partial charge in [-0.2, -0.15) is 0 Å². The number of halogens is 3. The molecule has 0 saturated carbocycles. The fourth-order valence-corrected chi connectivity index (χ4v) is 4.75. The smallest absolute Gasteiger partial charge is 0.245 e. The molecule has 1 aliphatic rings. The molecule has 7 nitrogen and oxygen atoms in total. The highest BCUT2D eigenvalue weighted by Crippen LogP contribution is 2.38. The van der Waals surface area contributed by atoms with Gasteiger partial charge in [0.1, 0.15) is 18.2 Å². The Morgan fingerprint density at radius 2 is 2.00 bits per heavy atom. The molecule has 2 aromatic carbocycles. The lowest BCUT2D eigenvalue weighted by molar-refractivity contribution is -0.127. The van der Waals surface area contributed by atoms with Crippen LogP contribution in [0.15, 0.2) is 43.2 Å². The maximum absolute atomic E-state index is 11.8. The summed E-state index contributed by atoms with van der Waals surface area (Å²) in [6.07, 6.45) is 4.23. The minimum absolute atomic E-state index is 0.0396. The maximum atomic E-state index is 11.8. The number of carbonyl (C=O) groups excluding carboxylic acids is 1. The number of carbonyl (C=O) groups is 1. The number of aromatic nitrogens is 2. The van der Waals surface area contributed by atoms with E-state index < -0.39 is 0 Å². The minimum Gasteiger partial charge on any atom is -0.493 e. The molecule has 0 atom stereocenters. The highest BCUT2D eigenvalue weighted by atomic mass is 127. The first-order valence-electron chi connectivity index (χ1n) is 10.2. The van der Waals surface area contributed by atoms with Crippen LogP contribution in [0.2, 0.25) is 10.0 Å². The Hall–Kier alpha value is -2.30. The second-order valence-corrected chi connectivity index (χ2v) is 9.30. The van der Waals surface area contributed by atoms with Crippen LogP contribution in [0.1, 0.15) is 12.8 Å². The summed E-state index contributed by atoms with van der Waals surface area (Å²) in [5.74, 6) is 1.73. The third-order valence-corrected chi connectivity index (χ3v) is 7.67. The zero-order valence-corrected chi connectivity index (χ0v) is 21.4. The molecule has 10 heteroatoms. The first kappa shape index (κ1) is 23.8. The summed E-state index contributed by atoms with van der Waals surface area (Å²) in [7, 11) is 1.60. The molecule has 33 heavy (non-hydrogen) atoms. The van der Waals surface area contributed by atoms with E-state index >= 15 is 0 Å². The number of piperidine rings is 1. The summed E-state index contributed by atoms with van der Waals surface area (Å²) >= 11 is 14.6. The number of nitrogens with one attached hydrogen (secondary N) is 1. The lowest BCUT2D eigenvalue weighted by Gasteiger charge is -2.31. The molecular formula is C23H21Cl2IN4O3. The summed E-state index contributed by atoms with van der Waals surface area (Å²) in [5.41, 5.74) is 1.49. The van der Waals surface area contributed by atoms with Gasteiger partial charge in [-0.1, -0.05) is 29.8 Å². The topological polar surface area (TPSA) is 76.6 Å². The van der Waals surface area contributed by atoms with Gasteiger partial charge in [0.15, 0.2) is 11.5 Å². The fraction of sp³-hybridized carbons (Fsp3) is 0.261. The van der Waals surface area contributed by atoms with Crippen molar-refractivity contribution in [3.8, 4) is 11.5 Å². The van der Waals surface area contributed by atoms with Crippen molar-refractivity contribution < 1.29 is 14.3 Å². The number of hydrogen-bond acceptors (Lipinski definition) is 6. The third kappa shape index (κ3) is 5.12. The molecule has 1 saturated heterocycles. The second-order valence-electron chi connectivity index (χ2n) is 7.44. The van der Waals surface area contributed by atoms with Crippen molar-refractivity contribution in [2.45, 2.75) is 18.9 Å². The number of methoxy groups -OCH3 is 1. The third-order valence-electron chi connectivity index (χ3n) is 5.43. The molecule has 0 radical (unpaired) electrons. The molecule has 1 fully saturated rings. The summed E-state index contributed by atoms with van der Waals surface area (Å²) in [4.78, 5) is 22.4. The van der Waals surface area contributed by atoms with E-state index in [0.29, 0.717) is 46.0 Å². The molecule has 0 unspecified atom stereocenters. The number of likely N-dealkylation sites (tertiary alicyclic amines) is 1. The number of hydrogen-bond donors (Lipinski definition) is 1. The van der Waals surface area contributed by atoms with Crippen LogP contribution in [0.3, 0.4) is 0 Å². The molecular weight excluding hydrogens is 578 g/mol. The number of fused-ring (bicyclic) bond motifs is 1. The number of nitrogens with zero attached hydrogens (tertiary/aromatic N) is 3. The quantitative estimate of drug-likeness (QED) is 0.218. The highest BCUT2D eigenvalue weighted by molar-refractivity contribution is 14.1. The molecule has 2 heterocycles. The molecule has 0 spiro atoms. The van der Waals surface area contributed by atoms with E-state index in [2.05, 4.69) is 44.5 Å². The first-order valence-corrected chi connectivity index (χ1v) is 12.1. The Balaban J connectivity index is 1.63. The van der Waals surface area contributed by atoms with E-state index in [9.17, 15) is 4.79 Å². The minimum atomic E-state index is -0.0541.